The Bertz CT molecular complexity index is 830. The van der Waals surface area contributed by atoms with Crippen LogP contribution in [0.3, 0.4) is 0 Å². The summed E-state index contributed by atoms with van der Waals surface area (Å²) in [6.07, 6.45) is 1.18. The van der Waals surface area contributed by atoms with Crippen molar-refractivity contribution in [2.75, 3.05) is 27.3 Å². The Morgan fingerprint density at radius 2 is 1.96 bits per heavy atom. The van der Waals surface area contributed by atoms with Crippen LogP contribution in [0, 0.1) is 5.92 Å². The van der Waals surface area contributed by atoms with Gasteiger partial charge in [-0.05, 0) is 24.5 Å². The molecule has 3 heterocycles. The van der Waals surface area contributed by atoms with Crippen LogP contribution in [0.5, 0.6) is 11.5 Å². The van der Waals surface area contributed by atoms with Gasteiger partial charge in [-0.2, -0.15) is 0 Å². The van der Waals surface area contributed by atoms with Gasteiger partial charge in [0.05, 0.1) is 14.2 Å². The molecule has 5 nitrogen and oxygen atoms in total. The maximum Gasteiger partial charge on any atom is 0.250 e. The lowest BCUT2D eigenvalue weighted by atomic mass is 9.83. The standard InChI is InChI=1S/C20H24N2O3/c1-24-17-7-6-15(19(9-17)25-2)12-21-10-14-8-16(13-21)18-4-3-5-20(23)22(18)11-14/h3-7,9,14,16H,8,10-13H2,1-2H3/t14-,16+/m0/s1. The average Bonchev–Trinajstić information content (AvgIpc) is 2.63. The van der Waals surface area contributed by atoms with Gasteiger partial charge in [0.25, 0.3) is 5.56 Å². The summed E-state index contributed by atoms with van der Waals surface area (Å²) in [6, 6.07) is 11.7. The molecule has 0 unspecified atom stereocenters. The number of hydrogen-bond donors (Lipinski definition) is 0. The van der Waals surface area contributed by atoms with Crippen molar-refractivity contribution in [2.24, 2.45) is 5.92 Å². The maximum atomic E-state index is 12.1. The number of rotatable bonds is 4. The van der Waals surface area contributed by atoms with Crippen molar-refractivity contribution < 1.29 is 9.47 Å². The van der Waals surface area contributed by atoms with E-state index in [1.807, 2.05) is 22.8 Å². The first kappa shape index (κ1) is 16.2. The Morgan fingerprint density at radius 3 is 2.76 bits per heavy atom. The van der Waals surface area contributed by atoms with Crippen LogP contribution in [0.1, 0.15) is 23.6 Å². The highest BCUT2D eigenvalue weighted by atomic mass is 16.5. The van der Waals surface area contributed by atoms with Crippen molar-refractivity contribution in [1.82, 2.24) is 9.47 Å². The van der Waals surface area contributed by atoms with Crippen LogP contribution < -0.4 is 15.0 Å². The molecule has 2 bridgehead atoms. The van der Waals surface area contributed by atoms with Crippen molar-refractivity contribution in [3.05, 3.63) is 58.0 Å². The number of aromatic nitrogens is 1. The zero-order chi connectivity index (χ0) is 17.4. The van der Waals surface area contributed by atoms with Gasteiger partial charge in [0.1, 0.15) is 11.5 Å². The minimum Gasteiger partial charge on any atom is -0.497 e. The number of likely N-dealkylation sites (tertiary alicyclic amines) is 1. The molecule has 0 radical (unpaired) electrons. The second kappa shape index (κ2) is 6.56. The fraction of sp³-hybridized carbons (Fsp3) is 0.450. The Kier molecular flexibility index (Phi) is 4.25. The lowest BCUT2D eigenvalue weighted by molar-refractivity contribution is 0.113. The van der Waals surface area contributed by atoms with Gasteiger partial charge >= 0.3 is 0 Å². The smallest absolute Gasteiger partial charge is 0.250 e. The zero-order valence-corrected chi connectivity index (χ0v) is 14.8. The van der Waals surface area contributed by atoms with Gasteiger partial charge in [-0.25, -0.2) is 0 Å². The SMILES string of the molecule is COc1ccc(CN2C[C@@H]3C[C@H](C2)c2cccc(=O)n2C3)c(OC)c1. The largest absolute Gasteiger partial charge is 0.497 e. The summed E-state index contributed by atoms with van der Waals surface area (Å²) in [7, 11) is 3.37. The van der Waals surface area contributed by atoms with E-state index in [1.165, 1.54) is 17.7 Å². The van der Waals surface area contributed by atoms with Crippen molar-refractivity contribution >= 4 is 0 Å². The lowest BCUT2D eigenvalue weighted by Crippen LogP contribution is -2.46. The molecule has 0 saturated carbocycles. The quantitative estimate of drug-likeness (QED) is 0.858. The van der Waals surface area contributed by atoms with E-state index in [1.54, 1.807) is 20.3 Å². The normalized spacial score (nSPS) is 22.3. The van der Waals surface area contributed by atoms with Crippen LogP contribution in [0.4, 0.5) is 0 Å². The summed E-state index contributed by atoms with van der Waals surface area (Å²) in [5, 5.41) is 0. The molecule has 0 N–H and O–H groups in total. The third-order valence-electron chi connectivity index (χ3n) is 5.44. The second-order valence-electron chi connectivity index (χ2n) is 7.07. The Morgan fingerprint density at radius 1 is 1.08 bits per heavy atom. The minimum absolute atomic E-state index is 0.137. The molecule has 0 spiro atoms. The fourth-order valence-electron chi connectivity index (χ4n) is 4.35. The molecular formula is C20H24N2O3. The van der Waals surface area contributed by atoms with E-state index in [2.05, 4.69) is 17.0 Å². The number of ether oxygens (including phenoxy) is 2. The summed E-state index contributed by atoms with van der Waals surface area (Å²) in [5.41, 5.74) is 2.50. The second-order valence-corrected chi connectivity index (χ2v) is 7.07. The van der Waals surface area contributed by atoms with E-state index in [9.17, 15) is 4.79 Å². The van der Waals surface area contributed by atoms with Crippen LogP contribution in [-0.4, -0.2) is 36.8 Å². The highest BCUT2D eigenvalue weighted by Gasteiger charge is 2.34. The van der Waals surface area contributed by atoms with Crippen LogP contribution in [-0.2, 0) is 13.1 Å². The maximum absolute atomic E-state index is 12.1. The van der Waals surface area contributed by atoms with E-state index in [-0.39, 0.29) is 5.56 Å². The Labute approximate surface area is 147 Å². The molecule has 132 valence electrons. The molecule has 4 rings (SSSR count). The summed E-state index contributed by atoms with van der Waals surface area (Å²) >= 11 is 0. The minimum atomic E-state index is 0.137. The summed E-state index contributed by atoms with van der Waals surface area (Å²) in [5.74, 6) is 2.65. The highest BCUT2D eigenvalue weighted by Crippen LogP contribution is 2.36. The van der Waals surface area contributed by atoms with Crippen molar-refractivity contribution in [1.29, 1.82) is 0 Å². The van der Waals surface area contributed by atoms with Gasteiger partial charge in [0.2, 0.25) is 0 Å². The highest BCUT2D eigenvalue weighted by molar-refractivity contribution is 5.40. The third-order valence-corrected chi connectivity index (χ3v) is 5.44. The number of fused-ring (bicyclic) bond motifs is 4. The van der Waals surface area contributed by atoms with E-state index < -0.39 is 0 Å². The fourth-order valence-corrected chi connectivity index (χ4v) is 4.35. The molecule has 1 fully saturated rings. The molecule has 2 aromatic rings. The molecular weight excluding hydrogens is 316 g/mol. The molecule has 2 aliphatic rings. The number of piperidine rings is 1. The molecule has 5 heteroatoms. The third kappa shape index (κ3) is 3.04. The molecule has 0 aliphatic carbocycles. The first-order chi connectivity index (χ1) is 12.2. The van der Waals surface area contributed by atoms with Gasteiger partial charge in [-0.15, -0.1) is 0 Å². The molecule has 0 amide bonds. The van der Waals surface area contributed by atoms with E-state index in [4.69, 9.17) is 9.47 Å². The van der Waals surface area contributed by atoms with Gasteiger partial charge in [0, 0.05) is 55.5 Å². The first-order valence-corrected chi connectivity index (χ1v) is 8.81. The van der Waals surface area contributed by atoms with E-state index in [0.29, 0.717) is 11.8 Å². The van der Waals surface area contributed by atoms with E-state index in [0.717, 1.165) is 37.7 Å². The van der Waals surface area contributed by atoms with Gasteiger partial charge in [0.15, 0.2) is 0 Å². The van der Waals surface area contributed by atoms with Crippen molar-refractivity contribution in [3.8, 4) is 11.5 Å². The van der Waals surface area contributed by atoms with E-state index >= 15 is 0 Å². The first-order valence-electron chi connectivity index (χ1n) is 8.81. The number of benzene rings is 1. The zero-order valence-electron chi connectivity index (χ0n) is 14.8. The number of hydrogen-bond acceptors (Lipinski definition) is 4. The Hall–Kier alpha value is -2.27. The molecule has 1 aromatic heterocycles. The topological polar surface area (TPSA) is 43.7 Å². The summed E-state index contributed by atoms with van der Waals surface area (Å²) in [6.45, 7) is 3.70. The van der Waals surface area contributed by atoms with Crippen LogP contribution in [0.15, 0.2) is 41.2 Å². The number of methoxy groups -OCH3 is 2. The van der Waals surface area contributed by atoms with Crippen LogP contribution in [0.2, 0.25) is 0 Å². The predicted octanol–water partition coefficient (Wildman–Crippen LogP) is 2.48. The van der Waals surface area contributed by atoms with Crippen LogP contribution >= 0.6 is 0 Å². The Balaban J connectivity index is 1.56. The van der Waals surface area contributed by atoms with Gasteiger partial charge in [-0.1, -0.05) is 12.1 Å². The number of nitrogens with zero attached hydrogens (tertiary/aromatic N) is 2. The molecule has 1 saturated heterocycles. The predicted molar refractivity (Wildman–Crippen MR) is 96.4 cm³/mol. The monoisotopic (exact) mass is 340 g/mol. The summed E-state index contributed by atoms with van der Waals surface area (Å²) < 4.78 is 12.8. The van der Waals surface area contributed by atoms with Crippen molar-refractivity contribution in [3.63, 3.8) is 0 Å². The van der Waals surface area contributed by atoms with Crippen LogP contribution in [0.25, 0.3) is 0 Å². The molecule has 25 heavy (non-hydrogen) atoms. The molecule has 1 aromatic carbocycles. The van der Waals surface area contributed by atoms with Gasteiger partial charge in [-0.3, -0.25) is 9.69 Å². The molecule has 2 atom stereocenters. The average molecular weight is 340 g/mol. The van der Waals surface area contributed by atoms with Gasteiger partial charge < -0.3 is 14.0 Å². The van der Waals surface area contributed by atoms with Crippen molar-refractivity contribution in [2.45, 2.75) is 25.4 Å². The molecule has 2 aliphatic heterocycles. The summed E-state index contributed by atoms with van der Waals surface area (Å²) in [4.78, 5) is 14.6. The number of pyridine rings is 1. The lowest BCUT2D eigenvalue weighted by Gasteiger charge is -2.42.